The molecular formula is C75H124O12. The minimum atomic E-state index is -1.92. The van der Waals surface area contributed by atoms with Gasteiger partial charge in [-0.25, -0.2) is 4.79 Å². The molecule has 0 aromatic carbocycles. The van der Waals surface area contributed by atoms with E-state index in [-0.39, 0.29) is 25.9 Å². The minimum Gasteiger partial charge on any atom is -0.479 e. The highest BCUT2D eigenvalue weighted by molar-refractivity contribution is 5.74. The van der Waals surface area contributed by atoms with Crippen LogP contribution in [0.4, 0.5) is 0 Å². The predicted molar refractivity (Wildman–Crippen MR) is 358 cm³/mol. The lowest BCUT2D eigenvalue weighted by atomic mass is 9.98. The lowest BCUT2D eigenvalue weighted by Crippen LogP contribution is -2.61. The zero-order valence-electron chi connectivity index (χ0n) is 55.0. The Kier molecular flexibility index (Phi) is 56.9. The maximum Gasteiger partial charge on any atom is 0.335 e. The van der Waals surface area contributed by atoms with E-state index in [0.717, 1.165) is 122 Å². The number of carboxylic acid groups (broad SMARTS) is 1. The molecule has 0 saturated carbocycles. The Morgan fingerprint density at radius 3 is 1.11 bits per heavy atom. The summed E-state index contributed by atoms with van der Waals surface area (Å²) < 4.78 is 28.6. The first-order valence-electron chi connectivity index (χ1n) is 34.9. The second kappa shape index (κ2) is 61.6. The number of esters is 3. The van der Waals surface area contributed by atoms with Gasteiger partial charge in [0.15, 0.2) is 24.6 Å². The van der Waals surface area contributed by atoms with Crippen LogP contribution in [0.3, 0.4) is 0 Å². The van der Waals surface area contributed by atoms with Gasteiger partial charge in [-0.1, -0.05) is 252 Å². The Labute approximate surface area is 529 Å². The van der Waals surface area contributed by atoms with E-state index in [1.807, 2.05) is 0 Å². The molecule has 6 atom stereocenters. The van der Waals surface area contributed by atoms with Crippen LogP contribution in [0, 0.1) is 0 Å². The van der Waals surface area contributed by atoms with Gasteiger partial charge in [-0.05, 0) is 128 Å². The molecule has 1 heterocycles. The van der Waals surface area contributed by atoms with Crippen molar-refractivity contribution < 1.29 is 58.2 Å². The highest BCUT2D eigenvalue weighted by atomic mass is 16.7. The first-order valence-corrected chi connectivity index (χ1v) is 34.9. The van der Waals surface area contributed by atoms with Crippen molar-refractivity contribution in [3.63, 3.8) is 0 Å². The van der Waals surface area contributed by atoms with Gasteiger partial charge in [0.1, 0.15) is 18.8 Å². The van der Waals surface area contributed by atoms with E-state index in [2.05, 4.69) is 130 Å². The summed E-state index contributed by atoms with van der Waals surface area (Å²) in [4.78, 5) is 51.5. The van der Waals surface area contributed by atoms with E-state index >= 15 is 0 Å². The topological polar surface area (TPSA) is 175 Å². The molecule has 12 heteroatoms. The summed E-state index contributed by atoms with van der Waals surface area (Å²) in [7, 11) is 0. The highest BCUT2D eigenvalue weighted by Gasteiger charge is 2.50. The predicted octanol–water partition coefficient (Wildman–Crippen LogP) is 19.4. The number of ether oxygens (including phenoxy) is 5. The fourth-order valence-electron chi connectivity index (χ4n) is 9.99. The van der Waals surface area contributed by atoms with Gasteiger partial charge in [-0.3, -0.25) is 14.4 Å². The Hall–Kier alpha value is -4.62. The van der Waals surface area contributed by atoms with Crippen LogP contribution >= 0.6 is 0 Å². The van der Waals surface area contributed by atoms with E-state index in [0.29, 0.717) is 19.3 Å². The molecule has 0 bridgehead atoms. The third kappa shape index (κ3) is 50.9. The van der Waals surface area contributed by atoms with Gasteiger partial charge in [0.2, 0.25) is 0 Å². The van der Waals surface area contributed by atoms with E-state index in [1.165, 1.54) is 109 Å². The van der Waals surface area contributed by atoms with Gasteiger partial charge < -0.3 is 39.0 Å². The van der Waals surface area contributed by atoms with Crippen LogP contribution in [0.25, 0.3) is 0 Å². The zero-order valence-corrected chi connectivity index (χ0v) is 55.0. The molecule has 12 nitrogen and oxygen atoms in total. The van der Waals surface area contributed by atoms with Crippen molar-refractivity contribution in [2.75, 3.05) is 13.2 Å². The first-order chi connectivity index (χ1) is 42.6. The number of allylic oxidation sites excluding steroid dienone is 18. The van der Waals surface area contributed by atoms with Crippen molar-refractivity contribution in [1.29, 1.82) is 0 Å². The second-order valence-corrected chi connectivity index (χ2v) is 23.4. The summed E-state index contributed by atoms with van der Waals surface area (Å²) in [6.07, 6.45) is 71.7. The molecule has 1 saturated heterocycles. The van der Waals surface area contributed by atoms with E-state index in [4.69, 9.17) is 23.7 Å². The van der Waals surface area contributed by atoms with Crippen molar-refractivity contribution in [3.8, 4) is 0 Å². The molecule has 496 valence electrons. The standard InChI is InChI=1S/C75H124O12/c1-4-7-10-13-16-19-22-25-28-31-34-37-40-43-46-49-52-55-58-61-67(76)83-64-66(85-68(77)62-59-56-53-50-47-44-41-38-35-32-29-26-23-20-17-14-11-8-5-2)65-84-75-73(71(80)70(79)72(87-75)74(81)82)86-69(78)63-60-57-54-51-48-45-42-39-36-33-30-27-24-21-18-15-12-9-6-3/h9,12,16-21,25-30,36,39,45,48,66,70-73,75,79-80H,4-8,10-11,13-15,22-24,31-35,37-38,40-44,46-47,49-65H2,1-3H3,(H,81,82)/b12-9-,19-16-,20-17-,21-18-,28-25-,29-26-,30-27-,39-36-,48-45-. The molecule has 1 fully saturated rings. The SMILES string of the molecule is CC/C=C\C/C=C\C/C=C\C/C=C\C/C=C\CCCCCC(=O)OC1C(OCC(COC(=O)CCCCCCCCCCC/C=C\C/C=C\CCCCC)OC(=O)CCCCCCCCCCC/C=C\C/C=C\CCCCC)OC(C(=O)O)C(O)C1O. The largest absolute Gasteiger partial charge is 0.479 e. The smallest absolute Gasteiger partial charge is 0.335 e. The molecule has 0 aliphatic carbocycles. The van der Waals surface area contributed by atoms with Crippen molar-refractivity contribution in [3.05, 3.63) is 109 Å². The molecule has 0 aromatic rings. The number of carbonyl (C=O) groups excluding carboxylic acids is 3. The van der Waals surface area contributed by atoms with Crippen LogP contribution < -0.4 is 0 Å². The number of carboxylic acids is 1. The summed E-state index contributed by atoms with van der Waals surface area (Å²) in [6, 6.07) is 0. The lowest BCUT2D eigenvalue weighted by molar-refractivity contribution is -0.301. The van der Waals surface area contributed by atoms with Gasteiger partial charge in [-0.15, -0.1) is 0 Å². The number of carbonyl (C=O) groups is 4. The highest BCUT2D eigenvalue weighted by Crippen LogP contribution is 2.27. The molecule has 0 aromatic heterocycles. The lowest BCUT2D eigenvalue weighted by Gasteiger charge is -2.40. The maximum absolute atomic E-state index is 13.3. The number of aliphatic hydroxyl groups excluding tert-OH is 2. The number of hydrogen-bond acceptors (Lipinski definition) is 11. The van der Waals surface area contributed by atoms with E-state index < -0.39 is 67.3 Å². The van der Waals surface area contributed by atoms with Gasteiger partial charge >= 0.3 is 23.9 Å². The van der Waals surface area contributed by atoms with E-state index in [1.54, 1.807) is 0 Å². The fraction of sp³-hybridized carbons (Fsp3) is 0.707. The zero-order chi connectivity index (χ0) is 63.1. The van der Waals surface area contributed by atoms with Crippen molar-refractivity contribution in [2.45, 2.75) is 327 Å². The number of hydrogen-bond donors (Lipinski definition) is 3. The van der Waals surface area contributed by atoms with Gasteiger partial charge in [-0.2, -0.15) is 0 Å². The van der Waals surface area contributed by atoms with Crippen molar-refractivity contribution in [1.82, 2.24) is 0 Å². The third-order valence-corrected chi connectivity index (χ3v) is 15.3. The Morgan fingerprint density at radius 2 is 0.724 bits per heavy atom. The van der Waals surface area contributed by atoms with Crippen LogP contribution in [0.5, 0.6) is 0 Å². The Balaban J connectivity index is 2.67. The summed E-state index contributed by atoms with van der Waals surface area (Å²) in [6.45, 7) is 5.85. The Bertz CT molecular complexity index is 1930. The summed E-state index contributed by atoms with van der Waals surface area (Å²) in [5, 5.41) is 31.7. The van der Waals surface area contributed by atoms with Crippen LogP contribution in [0.15, 0.2) is 109 Å². The Morgan fingerprint density at radius 1 is 0.391 bits per heavy atom. The second-order valence-electron chi connectivity index (χ2n) is 23.4. The molecule has 3 N–H and O–H groups in total. The summed E-state index contributed by atoms with van der Waals surface area (Å²) in [5.41, 5.74) is 0. The quantitative estimate of drug-likeness (QED) is 0.0228. The number of aliphatic carboxylic acids is 1. The fourth-order valence-corrected chi connectivity index (χ4v) is 9.99. The number of unbranched alkanes of at least 4 members (excludes halogenated alkanes) is 27. The summed E-state index contributed by atoms with van der Waals surface area (Å²) >= 11 is 0. The van der Waals surface area contributed by atoms with Crippen molar-refractivity contribution in [2.24, 2.45) is 0 Å². The maximum atomic E-state index is 13.3. The molecule has 6 unspecified atom stereocenters. The minimum absolute atomic E-state index is 0.0163. The number of aliphatic hydroxyl groups is 2. The van der Waals surface area contributed by atoms with Crippen LogP contribution in [0.1, 0.15) is 290 Å². The molecule has 0 spiro atoms. The van der Waals surface area contributed by atoms with Gasteiger partial charge in [0.25, 0.3) is 0 Å². The van der Waals surface area contributed by atoms with Crippen molar-refractivity contribution >= 4 is 23.9 Å². The molecule has 0 amide bonds. The van der Waals surface area contributed by atoms with Gasteiger partial charge in [0, 0.05) is 19.3 Å². The molecule has 87 heavy (non-hydrogen) atoms. The first kappa shape index (κ1) is 80.4. The molecular weight excluding hydrogens is 1090 g/mol. The molecule has 1 aliphatic heterocycles. The van der Waals surface area contributed by atoms with Crippen LogP contribution in [-0.4, -0.2) is 89.2 Å². The average molecular weight is 1220 g/mol. The normalized spacial score (nSPS) is 18.0. The monoisotopic (exact) mass is 1220 g/mol. The molecule has 1 rings (SSSR count). The molecule has 1 aliphatic rings. The van der Waals surface area contributed by atoms with Crippen LogP contribution in [-0.2, 0) is 42.9 Å². The average Bonchev–Trinajstić information content (AvgIpc) is 2.60. The molecule has 0 radical (unpaired) electrons. The van der Waals surface area contributed by atoms with E-state index in [9.17, 15) is 34.5 Å². The van der Waals surface area contributed by atoms with Gasteiger partial charge in [0.05, 0.1) is 6.61 Å². The third-order valence-electron chi connectivity index (χ3n) is 15.3. The van der Waals surface area contributed by atoms with Crippen LogP contribution in [0.2, 0.25) is 0 Å². The summed E-state index contributed by atoms with van der Waals surface area (Å²) in [5.74, 6) is -3.17. The number of rotatable bonds is 59.